The van der Waals surface area contributed by atoms with Crippen molar-refractivity contribution >= 4 is 22.6 Å². The van der Waals surface area contributed by atoms with Crippen molar-refractivity contribution in [2.45, 2.75) is 19.9 Å². The SMILES string of the molecule is CC(Cc1ccc(NCc2nn(C)c3ccccc23)cc1)C(=O)O. The van der Waals surface area contributed by atoms with Crippen molar-refractivity contribution in [2.24, 2.45) is 13.0 Å². The Morgan fingerprint density at radius 1 is 1.21 bits per heavy atom. The molecule has 5 nitrogen and oxygen atoms in total. The zero-order valence-electron chi connectivity index (χ0n) is 13.9. The van der Waals surface area contributed by atoms with E-state index in [1.54, 1.807) is 6.92 Å². The molecule has 3 rings (SSSR count). The number of aryl methyl sites for hydroxylation is 1. The molecule has 3 aromatic rings. The number of nitrogens with one attached hydrogen (secondary N) is 1. The molecule has 2 aromatic carbocycles. The quantitative estimate of drug-likeness (QED) is 0.729. The lowest BCUT2D eigenvalue weighted by molar-refractivity contribution is -0.141. The summed E-state index contributed by atoms with van der Waals surface area (Å²) in [6.45, 7) is 2.37. The Morgan fingerprint density at radius 3 is 2.62 bits per heavy atom. The van der Waals surface area contributed by atoms with Crippen molar-refractivity contribution in [2.75, 3.05) is 5.32 Å². The maximum absolute atomic E-state index is 10.9. The Balaban J connectivity index is 1.67. The van der Waals surface area contributed by atoms with Crippen LogP contribution < -0.4 is 5.32 Å². The molecule has 0 spiro atoms. The van der Waals surface area contributed by atoms with Crippen LogP contribution in [0.4, 0.5) is 5.69 Å². The lowest BCUT2D eigenvalue weighted by Gasteiger charge is -2.08. The fourth-order valence-electron chi connectivity index (χ4n) is 2.80. The highest BCUT2D eigenvalue weighted by Gasteiger charge is 2.11. The van der Waals surface area contributed by atoms with Gasteiger partial charge in [-0.3, -0.25) is 9.48 Å². The van der Waals surface area contributed by atoms with E-state index in [2.05, 4.69) is 22.5 Å². The average molecular weight is 323 g/mol. The molecule has 24 heavy (non-hydrogen) atoms. The summed E-state index contributed by atoms with van der Waals surface area (Å²) in [4.78, 5) is 10.9. The van der Waals surface area contributed by atoms with Crippen molar-refractivity contribution in [1.82, 2.24) is 9.78 Å². The predicted molar refractivity (Wildman–Crippen MR) is 95.0 cm³/mol. The number of aliphatic carboxylic acids is 1. The second kappa shape index (κ2) is 6.74. The van der Waals surface area contributed by atoms with Gasteiger partial charge in [0, 0.05) is 18.1 Å². The van der Waals surface area contributed by atoms with E-state index >= 15 is 0 Å². The van der Waals surface area contributed by atoms with Gasteiger partial charge in [-0.2, -0.15) is 5.10 Å². The minimum atomic E-state index is -0.765. The van der Waals surface area contributed by atoms with E-state index in [4.69, 9.17) is 5.11 Å². The molecular formula is C19H21N3O2. The van der Waals surface area contributed by atoms with E-state index in [1.807, 2.05) is 48.1 Å². The summed E-state index contributed by atoms with van der Waals surface area (Å²) < 4.78 is 1.89. The summed E-state index contributed by atoms with van der Waals surface area (Å²) in [5.74, 6) is -1.14. The second-order valence-corrected chi connectivity index (χ2v) is 6.08. The molecule has 0 fully saturated rings. The number of benzene rings is 2. The van der Waals surface area contributed by atoms with Crippen LogP contribution in [0, 0.1) is 5.92 Å². The molecule has 5 heteroatoms. The number of nitrogens with zero attached hydrogens (tertiary/aromatic N) is 2. The van der Waals surface area contributed by atoms with Gasteiger partial charge in [-0.15, -0.1) is 0 Å². The molecule has 1 heterocycles. The molecule has 1 atom stereocenters. The summed E-state index contributed by atoms with van der Waals surface area (Å²) in [5.41, 5.74) is 4.15. The maximum atomic E-state index is 10.9. The number of para-hydroxylation sites is 1. The topological polar surface area (TPSA) is 67.2 Å². The highest BCUT2D eigenvalue weighted by Crippen LogP contribution is 2.19. The van der Waals surface area contributed by atoms with E-state index in [9.17, 15) is 4.79 Å². The molecular weight excluding hydrogens is 302 g/mol. The number of hydrogen-bond donors (Lipinski definition) is 2. The van der Waals surface area contributed by atoms with Crippen molar-refractivity contribution in [1.29, 1.82) is 0 Å². The van der Waals surface area contributed by atoms with Gasteiger partial charge in [0.1, 0.15) is 0 Å². The fraction of sp³-hybridized carbons (Fsp3) is 0.263. The first-order chi connectivity index (χ1) is 11.5. The highest BCUT2D eigenvalue weighted by molar-refractivity contribution is 5.82. The standard InChI is InChI=1S/C19H21N3O2/c1-13(19(23)24)11-14-7-9-15(10-8-14)20-12-17-16-5-3-4-6-18(16)22(2)21-17/h3-10,13,20H,11-12H2,1-2H3,(H,23,24). The van der Waals surface area contributed by atoms with E-state index < -0.39 is 5.97 Å². The number of aromatic nitrogens is 2. The van der Waals surface area contributed by atoms with E-state index in [1.165, 1.54) is 0 Å². The Morgan fingerprint density at radius 2 is 1.92 bits per heavy atom. The van der Waals surface area contributed by atoms with Crippen molar-refractivity contribution in [3.8, 4) is 0 Å². The lowest BCUT2D eigenvalue weighted by Crippen LogP contribution is -2.12. The molecule has 0 saturated carbocycles. The van der Waals surface area contributed by atoms with Crippen LogP contribution in [0.2, 0.25) is 0 Å². The number of carboxylic acids is 1. The molecule has 1 unspecified atom stereocenters. The fourth-order valence-corrected chi connectivity index (χ4v) is 2.80. The van der Waals surface area contributed by atoms with Crippen LogP contribution in [-0.2, 0) is 24.8 Å². The van der Waals surface area contributed by atoms with E-state index in [-0.39, 0.29) is 5.92 Å². The van der Waals surface area contributed by atoms with E-state index in [0.717, 1.165) is 27.8 Å². The van der Waals surface area contributed by atoms with Crippen LogP contribution in [0.25, 0.3) is 10.9 Å². The first kappa shape index (κ1) is 16.1. The summed E-state index contributed by atoms with van der Waals surface area (Å²) >= 11 is 0. The molecule has 124 valence electrons. The van der Waals surface area contributed by atoms with Gasteiger partial charge in [0.05, 0.1) is 23.7 Å². The number of rotatable bonds is 6. The van der Waals surface area contributed by atoms with Crippen LogP contribution >= 0.6 is 0 Å². The largest absolute Gasteiger partial charge is 0.481 e. The van der Waals surface area contributed by atoms with Gasteiger partial charge in [0.15, 0.2) is 0 Å². The van der Waals surface area contributed by atoms with Crippen LogP contribution in [0.1, 0.15) is 18.2 Å². The average Bonchev–Trinajstić information content (AvgIpc) is 2.91. The zero-order valence-corrected chi connectivity index (χ0v) is 13.9. The molecule has 0 amide bonds. The predicted octanol–water partition coefficient (Wildman–Crippen LogP) is 3.45. The zero-order chi connectivity index (χ0) is 17.1. The lowest BCUT2D eigenvalue weighted by atomic mass is 10.0. The number of carbonyl (C=O) groups is 1. The summed E-state index contributed by atoms with van der Waals surface area (Å²) in [7, 11) is 1.95. The van der Waals surface area contributed by atoms with Crippen LogP contribution in [0.3, 0.4) is 0 Å². The number of hydrogen-bond acceptors (Lipinski definition) is 3. The van der Waals surface area contributed by atoms with Gasteiger partial charge >= 0.3 is 5.97 Å². The van der Waals surface area contributed by atoms with Gasteiger partial charge in [0.2, 0.25) is 0 Å². The minimum Gasteiger partial charge on any atom is -0.481 e. The van der Waals surface area contributed by atoms with Gasteiger partial charge in [-0.25, -0.2) is 0 Å². The first-order valence-corrected chi connectivity index (χ1v) is 8.01. The van der Waals surface area contributed by atoms with Crippen LogP contribution in [0.15, 0.2) is 48.5 Å². The van der Waals surface area contributed by atoms with Crippen molar-refractivity contribution in [3.63, 3.8) is 0 Å². The number of anilines is 1. The van der Waals surface area contributed by atoms with Crippen LogP contribution in [-0.4, -0.2) is 20.9 Å². The molecule has 0 saturated heterocycles. The summed E-state index contributed by atoms with van der Waals surface area (Å²) in [5, 5.41) is 18.1. The van der Waals surface area contributed by atoms with Gasteiger partial charge in [0.25, 0.3) is 0 Å². The van der Waals surface area contributed by atoms with Crippen molar-refractivity contribution in [3.05, 3.63) is 59.8 Å². The maximum Gasteiger partial charge on any atom is 0.306 e. The Labute approximate surface area is 140 Å². The minimum absolute atomic E-state index is 0.372. The molecule has 0 aliphatic rings. The number of fused-ring (bicyclic) bond motifs is 1. The highest BCUT2D eigenvalue weighted by atomic mass is 16.4. The summed E-state index contributed by atoms with van der Waals surface area (Å²) in [6, 6.07) is 16.1. The normalized spacial score (nSPS) is 12.2. The molecule has 0 bridgehead atoms. The van der Waals surface area contributed by atoms with Crippen molar-refractivity contribution < 1.29 is 9.90 Å². The molecule has 0 aliphatic heterocycles. The third-order valence-corrected chi connectivity index (χ3v) is 4.21. The van der Waals surface area contributed by atoms with Gasteiger partial charge in [-0.1, -0.05) is 37.3 Å². The summed E-state index contributed by atoms with van der Waals surface area (Å²) in [6.07, 6.45) is 0.542. The number of carboxylic acid groups (broad SMARTS) is 1. The smallest absolute Gasteiger partial charge is 0.306 e. The first-order valence-electron chi connectivity index (χ1n) is 8.01. The third-order valence-electron chi connectivity index (χ3n) is 4.21. The van der Waals surface area contributed by atoms with E-state index in [0.29, 0.717) is 13.0 Å². The van der Waals surface area contributed by atoms with Gasteiger partial charge in [-0.05, 0) is 30.2 Å². The molecule has 1 aromatic heterocycles. The van der Waals surface area contributed by atoms with Crippen LogP contribution in [0.5, 0.6) is 0 Å². The Hall–Kier alpha value is -2.82. The molecule has 0 radical (unpaired) electrons. The Bertz CT molecular complexity index is 853. The Kier molecular flexibility index (Phi) is 4.51. The monoisotopic (exact) mass is 323 g/mol. The third kappa shape index (κ3) is 3.40. The second-order valence-electron chi connectivity index (χ2n) is 6.08. The van der Waals surface area contributed by atoms with Gasteiger partial charge < -0.3 is 10.4 Å². The molecule has 0 aliphatic carbocycles. The molecule has 2 N–H and O–H groups in total.